The summed E-state index contributed by atoms with van der Waals surface area (Å²) < 4.78 is 11.3. The van der Waals surface area contributed by atoms with Crippen LogP contribution in [-0.2, 0) is 14.5 Å². The summed E-state index contributed by atoms with van der Waals surface area (Å²) in [6.45, 7) is 1.82. The van der Waals surface area contributed by atoms with Crippen LogP contribution in [0.15, 0.2) is 43.5 Å². The molecule has 0 aliphatic carbocycles. The van der Waals surface area contributed by atoms with Gasteiger partial charge in [0.15, 0.2) is 0 Å². The summed E-state index contributed by atoms with van der Waals surface area (Å²) in [5.74, 6) is -1.64. The van der Waals surface area contributed by atoms with Gasteiger partial charge in [0.2, 0.25) is 10.8 Å². The Bertz CT molecular complexity index is 842. The third-order valence-corrected chi connectivity index (χ3v) is 4.84. The minimum atomic E-state index is -1.65. The maximum atomic E-state index is 12.0. The highest BCUT2D eigenvalue weighted by Gasteiger charge is 2.43. The number of fused-ring (bicyclic) bond motifs is 1. The number of nitrogens with zero attached hydrogens (tertiary/aromatic N) is 2. The zero-order valence-electron chi connectivity index (χ0n) is 11.9. The normalized spacial score (nSPS) is 19.9. The Morgan fingerprint density at radius 2 is 2.17 bits per heavy atom. The van der Waals surface area contributed by atoms with Gasteiger partial charge < -0.3 is 9.84 Å². The van der Waals surface area contributed by atoms with E-state index in [4.69, 9.17) is 4.74 Å². The average molecular weight is 399 g/mol. The minimum absolute atomic E-state index is 0.0418. The average Bonchev–Trinajstić information content (AvgIpc) is 2.92. The lowest BCUT2D eigenvalue weighted by Crippen LogP contribution is -2.34. The summed E-state index contributed by atoms with van der Waals surface area (Å²) in [4.78, 5) is 22.2. The van der Waals surface area contributed by atoms with Crippen molar-refractivity contribution in [2.75, 3.05) is 6.61 Å². The smallest absolute Gasteiger partial charge is 0.446 e. The first-order chi connectivity index (χ1) is 11.0. The predicted octanol–water partition coefficient (Wildman–Crippen LogP) is 1.90. The third kappa shape index (κ3) is 2.64. The number of thioether (sulfide) groups is 1. The van der Waals surface area contributed by atoms with E-state index in [2.05, 4.69) is 25.6 Å². The van der Waals surface area contributed by atoms with Crippen molar-refractivity contribution >= 4 is 39.4 Å². The van der Waals surface area contributed by atoms with Crippen molar-refractivity contribution in [3.05, 3.63) is 56.1 Å². The summed E-state index contributed by atoms with van der Waals surface area (Å²) in [5.41, 5.74) is 0.451. The number of aromatic nitrogens is 2. The molecule has 0 saturated heterocycles. The molecule has 0 amide bonds. The molecule has 1 aliphatic heterocycles. The molecular weight excluding hydrogens is 388 g/mol. The maximum absolute atomic E-state index is 12.0. The quantitative estimate of drug-likeness (QED) is 0.788. The SMILES string of the molecule is CCOC(=O)C1=CSC(O)(c2ccc(Br)cc2)c2noc(=O)n21. The molecule has 1 aromatic carbocycles. The number of aliphatic hydroxyl groups is 1. The van der Waals surface area contributed by atoms with Crippen LogP contribution < -0.4 is 5.76 Å². The standard InChI is InChI=1S/C14H11BrN2O5S/c1-2-21-11(18)10-7-23-14(20,8-3-5-9(15)6-4-8)12-16-22-13(19)17(10)12/h3-7,20H,2H2,1H3. The Kier molecular flexibility index (Phi) is 4.17. The van der Waals surface area contributed by atoms with Crippen LogP contribution in [0, 0.1) is 0 Å². The Morgan fingerprint density at radius 3 is 2.83 bits per heavy atom. The fraction of sp³-hybridized carbons (Fsp3) is 0.214. The molecule has 0 saturated carbocycles. The van der Waals surface area contributed by atoms with E-state index < -0.39 is 16.7 Å². The molecule has 0 bridgehead atoms. The molecule has 9 heteroatoms. The third-order valence-electron chi connectivity index (χ3n) is 3.21. The molecule has 1 N–H and O–H groups in total. The molecule has 7 nitrogen and oxygen atoms in total. The van der Waals surface area contributed by atoms with Gasteiger partial charge in [-0.2, -0.15) is 0 Å². The van der Waals surface area contributed by atoms with E-state index in [0.717, 1.165) is 20.8 Å². The highest BCUT2D eigenvalue weighted by atomic mass is 79.9. The zero-order valence-corrected chi connectivity index (χ0v) is 14.3. The van der Waals surface area contributed by atoms with Crippen molar-refractivity contribution in [2.24, 2.45) is 0 Å². The number of carbonyl (C=O) groups is 1. The second kappa shape index (κ2) is 5.99. The van der Waals surface area contributed by atoms with Crippen LogP contribution in [0.5, 0.6) is 0 Å². The van der Waals surface area contributed by atoms with E-state index in [1.54, 1.807) is 31.2 Å². The summed E-state index contributed by atoms with van der Waals surface area (Å²) in [7, 11) is 0. The number of carbonyl (C=O) groups excluding carboxylic acids is 1. The summed E-state index contributed by atoms with van der Waals surface area (Å²) in [6.07, 6.45) is 0. The molecule has 2 heterocycles. The fourth-order valence-corrected chi connectivity index (χ4v) is 3.39. The van der Waals surface area contributed by atoms with Gasteiger partial charge in [0, 0.05) is 15.4 Å². The van der Waals surface area contributed by atoms with Crippen molar-refractivity contribution in [3.8, 4) is 0 Å². The molecule has 1 unspecified atom stereocenters. The van der Waals surface area contributed by atoms with Gasteiger partial charge in [-0.3, -0.25) is 4.52 Å². The van der Waals surface area contributed by atoms with Crippen molar-refractivity contribution < 1.29 is 19.2 Å². The highest BCUT2D eigenvalue weighted by molar-refractivity contribution is 9.10. The monoisotopic (exact) mass is 398 g/mol. The molecular formula is C14H11BrN2O5S. The van der Waals surface area contributed by atoms with Gasteiger partial charge in [-0.1, -0.05) is 45.0 Å². The Morgan fingerprint density at radius 1 is 1.48 bits per heavy atom. The molecule has 0 fully saturated rings. The fourth-order valence-electron chi connectivity index (χ4n) is 2.14. The Hall–Kier alpha value is -1.84. The summed E-state index contributed by atoms with van der Waals surface area (Å²) in [5, 5.41) is 16.0. The van der Waals surface area contributed by atoms with Crippen LogP contribution in [0.25, 0.3) is 5.70 Å². The number of benzene rings is 1. The van der Waals surface area contributed by atoms with Gasteiger partial charge in [0.05, 0.1) is 6.61 Å². The first kappa shape index (κ1) is 16.0. The number of hydrogen-bond acceptors (Lipinski definition) is 7. The van der Waals surface area contributed by atoms with Crippen molar-refractivity contribution in [3.63, 3.8) is 0 Å². The topological polar surface area (TPSA) is 94.6 Å². The van der Waals surface area contributed by atoms with Crippen LogP contribution in [0.2, 0.25) is 0 Å². The molecule has 1 aromatic heterocycles. The maximum Gasteiger partial charge on any atom is 0.446 e. The molecule has 1 atom stereocenters. The number of hydrogen-bond donors (Lipinski definition) is 1. The lowest BCUT2D eigenvalue weighted by molar-refractivity contribution is -0.136. The molecule has 0 radical (unpaired) electrons. The first-order valence-electron chi connectivity index (χ1n) is 6.60. The van der Waals surface area contributed by atoms with E-state index in [9.17, 15) is 14.7 Å². The van der Waals surface area contributed by atoms with Gasteiger partial charge in [-0.15, -0.1) is 0 Å². The van der Waals surface area contributed by atoms with Gasteiger partial charge in [-0.05, 0) is 19.1 Å². The summed E-state index contributed by atoms with van der Waals surface area (Å²) >= 11 is 4.26. The lowest BCUT2D eigenvalue weighted by atomic mass is 10.1. The molecule has 1 aliphatic rings. The van der Waals surface area contributed by atoms with Crippen LogP contribution in [0.3, 0.4) is 0 Å². The van der Waals surface area contributed by atoms with Gasteiger partial charge in [0.1, 0.15) is 5.70 Å². The number of rotatable bonds is 3. The van der Waals surface area contributed by atoms with Gasteiger partial charge in [0.25, 0.3) is 0 Å². The van der Waals surface area contributed by atoms with E-state index in [-0.39, 0.29) is 18.1 Å². The van der Waals surface area contributed by atoms with Crippen molar-refractivity contribution in [1.82, 2.24) is 9.72 Å². The second-order valence-electron chi connectivity index (χ2n) is 4.60. The van der Waals surface area contributed by atoms with E-state index in [0.29, 0.717) is 5.56 Å². The molecule has 120 valence electrons. The summed E-state index contributed by atoms with van der Waals surface area (Å²) in [6, 6.07) is 6.87. The van der Waals surface area contributed by atoms with Crippen LogP contribution in [0.4, 0.5) is 0 Å². The van der Waals surface area contributed by atoms with E-state index >= 15 is 0 Å². The first-order valence-corrected chi connectivity index (χ1v) is 8.27. The molecule has 23 heavy (non-hydrogen) atoms. The van der Waals surface area contributed by atoms with Crippen LogP contribution in [0.1, 0.15) is 18.3 Å². The zero-order chi connectivity index (χ0) is 16.6. The highest BCUT2D eigenvalue weighted by Crippen LogP contribution is 2.44. The Labute approximate surface area is 143 Å². The second-order valence-corrected chi connectivity index (χ2v) is 6.58. The molecule has 2 aromatic rings. The lowest BCUT2D eigenvalue weighted by Gasteiger charge is -2.28. The van der Waals surface area contributed by atoms with Crippen molar-refractivity contribution in [1.29, 1.82) is 0 Å². The van der Waals surface area contributed by atoms with E-state index in [1.807, 2.05) is 0 Å². The molecule has 3 rings (SSSR count). The number of ether oxygens (including phenoxy) is 1. The van der Waals surface area contributed by atoms with Crippen molar-refractivity contribution in [2.45, 2.75) is 11.9 Å². The van der Waals surface area contributed by atoms with E-state index in [1.165, 1.54) is 5.41 Å². The van der Waals surface area contributed by atoms with Crippen LogP contribution in [-0.4, -0.2) is 27.4 Å². The van der Waals surface area contributed by atoms with Gasteiger partial charge in [-0.25, -0.2) is 14.2 Å². The molecule has 0 spiro atoms. The predicted molar refractivity (Wildman–Crippen MR) is 86.4 cm³/mol. The Balaban J connectivity index is 2.13. The minimum Gasteiger partial charge on any atom is -0.461 e. The van der Waals surface area contributed by atoms with Gasteiger partial charge >= 0.3 is 11.7 Å². The number of halogens is 1. The van der Waals surface area contributed by atoms with Crippen LogP contribution >= 0.6 is 27.7 Å². The number of esters is 1. The largest absolute Gasteiger partial charge is 0.461 e.